The van der Waals surface area contributed by atoms with E-state index in [1.54, 1.807) is 12.1 Å². The Morgan fingerprint density at radius 2 is 1.59 bits per heavy atom. The van der Waals surface area contributed by atoms with Crippen molar-refractivity contribution in [2.24, 2.45) is 0 Å². The standard InChI is InChI=1S/C25H22N2O5/c28-23-22(26-20-12-7-13-21(14-20)27(29)30)15-25(32-23)16-24(17-31-25,18-8-3-1-4-9-18)19-10-5-2-6-11-19/h1-14,22,26H,15-17H2. The predicted molar refractivity (Wildman–Crippen MR) is 118 cm³/mol. The third-order valence-electron chi connectivity index (χ3n) is 6.29. The van der Waals surface area contributed by atoms with E-state index < -0.39 is 28.1 Å². The number of non-ortho nitro benzene ring substituents is 1. The first-order chi connectivity index (χ1) is 15.5. The molecular formula is C25H22N2O5. The number of nitro groups is 1. The lowest BCUT2D eigenvalue weighted by Gasteiger charge is -2.30. The lowest BCUT2D eigenvalue weighted by atomic mass is 9.72. The van der Waals surface area contributed by atoms with Crippen molar-refractivity contribution >= 4 is 17.3 Å². The van der Waals surface area contributed by atoms with Gasteiger partial charge in [0.15, 0.2) is 0 Å². The lowest BCUT2D eigenvalue weighted by Crippen LogP contribution is -2.33. The zero-order valence-electron chi connectivity index (χ0n) is 17.3. The molecule has 0 radical (unpaired) electrons. The molecule has 0 aromatic heterocycles. The Labute approximate surface area is 185 Å². The van der Waals surface area contributed by atoms with Crippen molar-refractivity contribution in [2.75, 3.05) is 11.9 Å². The molecule has 1 spiro atoms. The highest BCUT2D eigenvalue weighted by Crippen LogP contribution is 2.51. The largest absolute Gasteiger partial charge is 0.431 e. The molecule has 7 nitrogen and oxygen atoms in total. The summed E-state index contributed by atoms with van der Waals surface area (Å²) in [6.45, 7) is 0.387. The summed E-state index contributed by atoms with van der Waals surface area (Å²) in [5, 5.41) is 14.2. The van der Waals surface area contributed by atoms with Gasteiger partial charge in [-0.05, 0) is 17.2 Å². The third kappa shape index (κ3) is 3.50. The maximum atomic E-state index is 12.7. The monoisotopic (exact) mass is 430 g/mol. The van der Waals surface area contributed by atoms with Crippen molar-refractivity contribution < 1.29 is 19.2 Å². The molecule has 2 aliphatic rings. The SMILES string of the molecule is O=C1OC2(CC1Nc1cccc([N+](=O)[O-])c1)CC(c1ccccc1)(c1ccccc1)CO2. The lowest BCUT2D eigenvalue weighted by molar-refractivity contribution is -0.384. The van der Waals surface area contributed by atoms with Crippen LogP contribution in [0.2, 0.25) is 0 Å². The molecule has 162 valence electrons. The van der Waals surface area contributed by atoms with Gasteiger partial charge in [-0.25, -0.2) is 4.79 Å². The van der Waals surface area contributed by atoms with Crippen LogP contribution < -0.4 is 5.32 Å². The average molecular weight is 430 g/mol. The second kappa shape index (κ2) is 7.76. The van der Waals surface area contributed by atoms with Gasteiger partial charge in [-0.2, -0.15) is 0 Å². The number of carbonyl (C=O) groups excluding carboxylic acids is 1. The van der Waals surface area contributed by atoms with Crippen molar-refractivity contribution in [1.29, 1.82) is 0 Å². The number of hydrogen-bond acceptors (Lipinski definition) is 6. The van der Waals surface area contributed by atoms with Crippen LogP contribution in [0, 0.1) is 10.1 Å². The minimum atomic E-state index is -1.05. The van der Waals surface area contributed by atoms with Crippen LogP contribution in [-0.4, -0.2) is 29.3 Å². The van der Waals surface area contributed by atoms with E-state index >= 15 is 0 Å². The van der Waals surface area contributed by atoms with Gasteiger partial charge in [-0.1, -0.05) is 66.7 Å². The van der Waals surface area contributed by atoms with Crippen LogP contribution in [0.3, 0.4) is 0 Å². The van der Waals surface area contributed by atoms with Crippen molar-refractivity contribution in [3.8, 4) is 0 Å². The van der Waals surface area contributed by atoms with Crippen molar-refractivity contribution in [3.05, 3.63) is 106 Å². The van der Waals surface area contributed by atoms with E-state index in [1.807, 2.05) is 36.4 Å². The van der Waals surface area contributed by atoms with Gasteiger partial charge < -0.3 is 14.8 Å². The van der Waals surface area contributed by atoms with Gasteiger partial charge in [0.05, 0.1) is 16.9 Å². The van der Waals surface area contributed by atoms with Gasteiger partial charge >= 0.3 is 5.97 Å². The number of nitrogens with one attached hydrogen (secondary N) is 1. The summed E-state index contributed by atoms with van der Waals surface area (Å²) in [7, 11) is 0. The summed E-state index contributed by atoms with van der Waals surface area (Å²) in [5.41, 5.74) is 2.22. The summed E-state index contributed by atoms with van der Waals surface area (Å²) in [4.78, 5) is 23.3. The summed E-state index contributed by atoms with van der Waals surface area (Å²) in [5.74, 6) is -1.48. The van der Waals surface area contributed by atoms with E-state index in [0.717, 1.165) is 11.1 Å². The second-order valence-electron chi connectivity index (χ2n) is 8.32. The number of carbonyl (C=O) groups is 1. The molecule has 3 aromatic rings. The Morgan fingerprint density at radius 3 is 2.22 bits per heavy atom. The Balaban J connectivity index is 1.42. The first-order valence-electron chi connectivity index (χ1n) is 10.5. The van der Waals surface area contributed by atoms with Crippen molar-refractivity contribution in [1.82, 2.24) is 0 Å². The van der Waals surface area contributed by atoms with Crippen LogP contribution in [-0.2, 0) is 19.7 Å². The van der Waals surface area contributed by atoms with Gasteiger partial charge in [-0.15, -0.1) is 0 Å². The first kappa shape index (κ1) is 20.2. The molecule has 5 rings (SSSR count). The molecule has 0 bridgehead atoms. The third-order valence-corrected chi connectivity index (χ3v) is 6.29. The molecule has 2 unspecified atom stereocenters. The highest BCUT2D eigenvalue weighted by Gasteiger charge is 2.58. The smallest absolute Gasteiger partial charge is 0.331 e. The van der Waals surface area contributed by atoms with Gasteiger partial charge in [0, 0.05) is 30.7 Å². The first-order valence-corrected chi connectivity index (χ1v) is 10.5. The zero-order chi connectivity index (χ0) is 22.2. The number of anilines is 1. The summed E-state index contributed by atoms with van der Waals surface area (Å²) < 4.78 is 12.0. The number of rotatable bonds is 5. The highest BCUT2D eigenvalue weighted by atomic mass is 16.7. The fourth-order valence-corrected chi connectivity index (χ4v) is 4.78. The second-order valence-corrected chi connectivity index (χ2v) is 8.32. The molecule has 2 heterocycles. The quantitative estimate of drug-likeness (QED) is 0.366. The average Bonchev–Trinajstić information content (AvgIpc) is 3.34. The molecule has 32 heavy (non-hydrogen) atoms. The fourth-order valence-electron chi connectivity index (χ4n) is 4.78. The van der Waals surface area contributed by atoms with Crippen LogP contribution in [0.15, 0.2) is 84.9 Å². The molecule has 0 aliphatic carbocycles. The molecule has 1 N–H and O–H groups in total. The van der Waals surface area contributed by atoms with E-state index in [4.69, 9.17) is 9.47 Å². The summed E-state index contributed by atoms with van der Waals surface area (Å²) in [6.07, 6.45) is 0.808. The topological polar surface area (TPSA) is 90.7 Å². The highest BCUT2D eigenvalue weighted by molar-refractivity contribution is 5.82. The van der Waals surface area contributed by atoms with Crippen LogP contribution >= 0.6 is 0 Å². The van der Waals surface area contributed by atoms with Crippen LogP contribution in [0.4, 0.5) is 11.4 Å². The Hall–Kier alpha value is -3.71. The van der Waals surface area contributed by atoms with Crippen LogP contribution in [0.1, 0.15) is 24.0 Å². The number of benzene rings is 3. The van der Waals surface area contributed by atoms with E-state index in [0.29, 0.717) is 25.1 Å². The minimum absolute atomic E-state index is 0.0413. The van der Waals surface area contributed by atoms with Gasteiger partial charge in [0.25, 0.3) is 5.69 Å². The Kier molecular flexibility index (Phi) is 4.90. The number of esters is 1. The van der Waals surface area contributed by atoms with Crippen LogP contribution in [0.5, 0.6) is 0 Å². The molecular weight excluding hydrogens is 408 g/mol. The molecule has 2 saturated heterocycles. The van der Waals surface area contributed by atoms with Gasteiger partial charge in [0.2, 0.25) is 5.79 Å². The summed E-state index contributed by atoms with van der Waals surface area (Å²) >= 11 is 0. The minimum Gasteiger partial charge on any atom is -0.431 e. The molecule has 0 amide bonds. The van der Waals surface area contributed by atoms with Gasteiger partial charge in [-0.3, -0.25) is 10.1 Å². The van der Waals surface area contributed by atoms with Gasteiger partial charge in [0.1, 0.15) is 6.04 Å². The zero-order valence-corrected chi connectivity index (χ0v) is 17.3. The van der Waals surface area contributed by atoms with Crippen LogP contribution in [0.25, 0.3) is 0 Å². The number of nitrogens with zero attached hydrogens (tertiary/aromatic N) is 1. The molecule has 7 heteroatoms. The maximum Gasteiger partial charge on any atom is 0.331 e. The number of ether oxygens (including phenoxy) is 2. The molecule has 3 aromatic carbocycles. The van der Waals surface area contributed by atoms with Crippen molar-refractivity contribution in [3.63, 3.8) is 0 Å². The van der Waals surface area contributed by atoms with E-state index in [1.165, 1.54) is 12.1 Å². The molecule has 2 fully saturated rings. The number of nitro benzene ring substituents is 1. The normalized spacial score (nSPS) is 23.8. The Bertz CT molecular complexity index is 1110. The van der Waals surface area contributed by atoms with E-state index in [9.17, 15) is 14.9 Å². The fraction of sp³-hybridized carbons (Fsp3) is 0.240. The number of hydrogen-bond donors (Lipinski definition) is 1. The van der Waals surface area contributed by atoms with E-state index in [2.05, 4.69) is 29.6 Å². The molecule has 2 aliphatic heterocycles. The predicted octanol–water partition coefficient (Wildman–Crippen LogP) is 4.43. The molecule has 2 atom stereocenters. The summed E-state index contributed by atoms with van der Waals surface area (Å²) in [6, 6.07) is 25.7. The Morgan fingerprint density at radius 1 is 0.938 bits per heavy atom. The maximum absolute atomic E-state index is 12.7. The molecule has 0 saturated carbocycles. The van der Waals surface area contributed by atoms with E-state index in [-0.39, 0.29) is 5.69 Å². The van der Waals surface area contributed by atoms with Crippen molar-refractivity contribution in [2.45, 2.75) is 30.1 Å².